The van der Waals surface area contributed by atoms with Crippen LogP contribution in [0.1, 0.15) is 43.9 Å². The number of rotatable bonds is 9. The minimum Gasteiger partial charge on any atom is -0.496 e. The Kier molecular flexibility index (Phi) is 7.57. The van der Waals surface area contributed by atoms with Gasteiger partial charge in [-0.2, -0.15) is 11.8 Å². The van der Waals surface area contributed by atoms with Crippen molar-refractivity contribution in [2.75, 3.05) is 26.5 Å². The molecule has 0 aliphatic carbocycles. The minimum absolute atomic E-state index is 0.260. The fraction of sp³-hybridized carbons (Fsp3) is 0.647. The average Bonchev–Trinajstić information content (AvgIpc) is 2.52. The number of hydrogen-bond donors (Lipinski definition) is 2. The standard InChI is InChI=1S/C17H29NO2S/c1-6-17(7-2,21-5)12-18-11-15(19)14-10-13(3)8-9-16(14)20-4/h8-10,15,18-19H,6-7,11-12H2,1-5H3. The van der Waals surface area contributed by atoms with Gasteiger partial charge in [-0.1, -0.05) is 25.5 Å². The number of aryl methyl sites for hydroxylation is 1. The van der Waals surface area contributed by atoms with Crippen LogP contribution in [0, 0.1) is 6.92 Å². The fourth-order valence-electron chi connectivity index (χ4n) is 2.52. The van der Waals surface area contributed by atoms with E-state index >= 15 is 0 Å². The third-order valence-electron chi connectivity index (χ3n) is 4.25. The van der Waals surface area contributed by atoms with Crippen molar-refractivity contribution in [3.63, 3.8) is 0 Å². The van der Waals surface area contributed by atoms with Crippen molar-refractivity contribution < 1.29 is 9.84 Å². The molecule has 0 saturated carbocycles. The van der Waals surface area contributed by atoms with Gasteiger partial charge in [0, 0.05) is 23.4 Å². The van der Waals surface area contributed by atoms with Gasteiger partial charge in [0.2, 0.25) is 0 Å². The molecule has 0 amide bonds. The first kappa shape index (κ1) is 18.3. The van der Waals surface area contributed by atoms with Crippen LogP contribution in [0.2, 0.25) is 0 Å². The van der Waals surface area contributed by atoms with Crippen molar-refractivity contribution >= 4 is 11.8 Å². The first-order valence-electron chi connectivity index (χ1n) is 7.60. The Morgan fingerprint density at radius 2 is 2.00 bits per heavy atom. The summed E-state index contributed by atoms with van der Waals surface area (Å²) in [6.45, 7) is 7.92. The second-order valence-corrected chi connectivity index (χ2v) is 6.76. The van der Waals surface area contributed by atoms with Gasteiger partial charge >= 0.3 is 0 Å². The quantitative estimate of drug-likeness (QED) is 0.732. The van der Waals surface area contributed by atoms with Crippen LogP contribution in [0.4, 0.5) is 0 Å². The Balaban J connectivity index is 2.66. The lowest BCUT2D eigenvalue weighted by Crippen LogP contribution is -2.38. The Labute approximate surface area is 133 Å². The molecule has 0 bridgehead atoms. The summed E-state index contributed by atoms with van der Waals surface area (Å²) in [4.78, 5) is 0. The highest BCUT2D eigenvalue weighted by atomic mass is 32.2. The van der Waals surface area contributed by atoms with Gasteiger partial charge in [0.1, 0.15) is 5.75 Å². The van der Waals surface area contributed by atoms with E-state index in [1.807, 2.05) is 36.9 Å². The summed E-state index contributed by atoms with van der Waals surface area (Å²) >= 11 is 1.91. The predicted molar refractivity (Wildman–Crippen MR) is 92.4 cm³/mol. The van der Waals surface area contributed by atoms with Gasteiger partial charge in [-0.05, 0) is 38.2 Å². The second-order valence-electron chi connectivity index (χ2n) is 5.49. The molecular weight excluding hydrogens is 282 g/mol. The highest BCUT2D eigenvalue weighted by molar-refractivity contribution is 8.00. The zero-order chi connectivity index (χ0) is 15.9. The lowest BCUT2D eigenvalue weighted by atomic mass is 10.0. The van der Waals surface area contributed by atoms with Crippen molar-refractivity contribution in [1.29, 1.82) is 0 Å². The molecule has 0 aromatic heterocycles. The number of methoxy groups -OCH3 is 1. The summed E-state index contributed by atoms with van der Waals surface area (Å²) in [5.41, 5.74) is 1.98. The Hall–Kier alpha value is -0.710. The van der Waals surface area contributed by atoms with Crippen LogP contribution >= 0.6 is 11.8 Å². The average molecular weight is 311 g/mol. The molecule has 0 aliphatic heterocycles. The molecular formula is C17H29NO2S. The summed E-state index contributed by atoms with van der Waals surface area (Å²) in [5.74, 6) is 0.747. The lowest BCUT2D eigenvalue weighted by molar-refractivity contribution is 0.169. The van der Waals surface area contributed by atoms with Crippen LogP contribution in [0.15, 0.2) is 18.2 Å². The van der Waals surface area contributed by atoms with Gasteiger partial charge in [0.05, 0.1) is 13.2 Å². The summed E-state index contributed by atoms with van der Waals surface area (Å²) in [6, 6.07) is 5.90. The maximum atomic E-state index is 10.4. The van der Waals surface area contributed by atoms with Crippen LogP contribution in [0.25, 0.3) is 0 Å². The van der Waals surface area contributed by atoms with E-state index in [0.29, 0.717) is 6.54 Å². The van der Waals surface area contributed by atoms with Gasteiger partial charge in [-0.15, -0.1) is 0 Å². The molecule has 21 heavy (non-hydrogen) atoms. The largest absolute Gasteiger partial charge is 0.496 e. The normalized spacial score (nSPS) is 13.2. The van der Waals surface area contributed by atoms with Crippen molar-refractivity contribution in [3.05, 3.63) is 29.3 Å². The Bertz CT molecular complexity index is 425. The predicted octanol–water partition coefficient (Wildman–Crippen LogP) is 3.55. The number of nitrogens with one attached hydrogen (secondary N) is 1. The maximum Gasteiger partial charge on any atom is 0.124 e. The van der Waals surface area contributed by atoms with Crippen molar-refractivity contribution in [2.24, 2.45) is 0 Å². The minimum atomic E-state index is -0.548. The van der Waals surface area contributed by atoms with E-state index in [2.05, 4.69) is 25.4 Å². The van der Waals surface area contributed by atoms with Crippen LogP contribution in [0.5, 0.6) is 5.75 Å². The fourth-order valence-corrected chi connectivity index (χ4v) is 3.35. The number of ether oxygens (including phenoxy) is 1. The van der Waals surface area contributed by atoms with Crippen molar-refractivity contribution in [1.82, 2.24) is 5.32 Å². The van der Waals surface area contributed by atoms with E-state index in [1.54, 1.807) is 7.11 Å². The summed E-state index contributed by atoms with van der Waals surface area (Å²) in [5, 5.41) is 13.8. The van der Waals surface area contributed by atoms with Gasteiger partial charge in [0.15, 0.2) is 0 Å². The second kappa shape index (κ2) is 8.66. The molecule has 0 heterocycles. The molecule has 4 heteroatoms. The highest BCUT2D eigenvalue weighted by Crippen LogP contribution is 2.30. The topological polar surface area (TPSA) is 41.5 Å². The van der Waals surface area contributed by atoms with Gasteiger partial charge in [-0.25, -0.2) is 0 Å². The Morgan fingerprint density at radius 1 is 1.33 bits per heavy atom. The zero-order valence-corrected chi connectivity index (χ0v) is 14.7. The summed E-state index contributed by atoms with van der Waals surface area (Å²) in [6.07, 6.45) is 3.87. The van der Waals surface area contributed by atoms with Gasteiger partial charge < -0.3 is 15.2 Å². The molecule has 1 aromatic carbocycles. The molecule has 1 rings (SSSR count). The van der Waals surface area contributed by atoms with Crippen LogP contribution in [0.3, 0.4) is 0 Å². The summed E-state index contributed by atoms with van der Waals surface area (Å²) in [7, 11) is 1.64. The third-order valence-corrected chi connectivity index (χ3v) is 5.84. The van der Waals surface area contributed by atoms with E-state index in [9.17, 15) is 5.11 Å². The van der Waals surface area contributed by atoms with E-state index in [4.69, 9.17) is 4.74 Å². The zero-order valence-electron chi connectivity index (χ0n) is 13.9. The van der Waals surface area contributed by atoms with Crippen LogP contribution in [-0.4, -0.2) is 36.3 Å². The number of hydrogen-bond acceptors (Lipinski definition) is 4. The molecule has 0 saturated heterocycles. The molecule has 3 nitrogen and oxygen atoms in total. The van der Waals surface area contributed by atoms with Gasteiger partial charge in [-0.3, -0.25) is 0 Å². The molecule has 0 spiro atoms. The summed E-state index contributed by atoms with van der Waals surface area (Å²) < 4.78 is 5.60. The molecule has 1 aromatic rings. The smallest absolute Gasteiger partial charge is 0.124 e. The number of thioether (sulfide) groups is 1. The van der Waals surface area contributed by atoms with Crippen molar-refractivity contribution in [2.45, 2.75) is 44.5 Å². The van der Waals surface area contributed by atoms with Crippen LogP contribution < -0.4 is 10.1 Å². The molecule has 2 N–H and O–H groups in total. The monoisotopic (exact) mass is 311 g/mol. The molecule has 0 radical (unpaired) electrons. The first-order chi connectivity index (χ1) is 10.0. The van der Waals surface area contributed by atoms with E-state index in [-0.39, 0.29) is 4.75 Å². The maximum absolute atomic E-state index is 10.4. The highest BCUT2D eigenvalue weighted by Gasteiger charge is 2.24. The molecule has 0 aliphatic rings. The third kappa shape index (κ3) is 4.90. The van der Waals surface area contributed by atoms with Crippen LogP contribution in [-0.2, 0) is 0 Å². The van der Waals surface area contributed by atoms with E-state index in [0.717, 1.165) is 36.3 Å². The van der Waals surface area contributed by atoms with Gasteiger partial charge in [0.25, 0.3) is 0 Å². The first-order valence-corrected chi connectivity index (χ1v) is 8.82. The molecule has 1 unspecified atom stereocenters. The lowest BCUT2D eigenvalue weighted by Gasteiger charge is -2.30. The number of aliphatic hydroxyl groups is 1. The van der Waals surface area contributed by atoms with E-state index < -0.39 is 6.10 Å². The molecule has 0 fully saturated rings. The molecule has 1 atom stereocenters. The Morgan fingerprint density at radius 3 is 2.52 bits per heavy atom. The number of benzene rings is 1. The SMILES string of the molecule is CCC(CC)(CNCC(O)c1cc(C)ccc1OC)SC. The molecule has 120 valence electrons. The van der Waals surface area contributed by atoms with Crippen molar-refractivity contribution in [3.8, 4) is 5.75 Å². The van der Waals surface area contributed by atoms with E-state index in [1.165, 1.54) is 0 Å². The number of aliphatic hydroxyl groups excluding tert-OH is 1.